The van der Waals surface area contributed by atoms with Crippen molar-refractivity contribution in [2.75, 3.05) is 0 Å². The normalized spacial score (nSPS) is 16.6. The summed E-state index contributed by atoms with van der Waals surface area (Å²) in [5.41, 5.74) is -0.214. The highest BCUT2D eigenvalue weighted by Crippen LogP contribution is 2.37. The van der Waals surface area contributed by atoms with Crippen molar-refractivity contribution in [1.82, 2.24) is 4.90 Å². The van der Waals surface area contributed by atoms with Gasteiger partial charge in [0.05, 0.1) is 17.0 Å². The molecule has 2 aromatic carbocycles. The van der Waals surface area contributed by atoms with Gasteiger partial charge in [-0.1, -0.05) is 30.3 Å². The predicted molar refractivity (Wildman–Crippen MR) is 102 cm³/mol. The Morgan fingerprint density at radius 3 is 2.35 bits per heavy atom. The Bertz CT molecular complexity index is 894. The molecule has 0 radical (unpaired) electrons. The van der Waals surface area contributed by atoms with E-state index in [4.69, 9.17) is 0 Å². The minimum atomic E-state index is -4.54. The molecule has 0 bridgehead atoms. The van der Waals surface area contributed by atoms with Gasteiger partial charge in [-0.05, 0) is 69.8 Å². The molecule has 0 aliphatic carbocycles. The number of nitrogens with zero attached hydrogens (tertiary/aromatic N) is 1. The molecule has 0 N–H and O–H groups in total. The summed E-state index contributed by atoms with van der Waals surface area (Å²) in [6, 6.07) is 12.3. The van der Waals surface area contributed by atoms with Gasteiger partial charge >= 0.3 is 6.18 Å². The zero-order valence-corrected chi connectivity index (χ0v) is 16.1. The van der Waals surface area contributed by atoms with Gasteiger partial charge in [0.25, 0.3) is 11.1 Å². The Hall–Kier alpha value is -1.81. The zero-order valence-electron chi connectivity index (χ0n) is 13.1. The molecule has 0 spiro atoms. The summed E-state index contributed by atoms with van der Waals surface area (Å²) in [6.07, 6.45) is -3.41. The lowest BCUT2D eigenvalue weighted by molar-refractivity contribution is -0.137. The van der Waals surface area contributed by atoms with E-state index in [-0.39, 0.29) is 17.0 Å². The molecular weight excluding hydrogens is 478 g/mol. The van der Waals surface area contributed by atoms with Crippen molar-refractivity contribution in [2.45, 2.75) is 12.7 Å². The number of carbonyl (C=O) groups excluding carboxylic acids is 2. The van der Waals surface area contributed by atoms with E-state index in [1.165, 1.54) is 18.2 Å². The third-order valence-electron chi connectivity index (χ3n) is 3.68. The van der Waals surface area contributed by atoms with E-state index in [1.807, 2.05) is 12.1 Å². The molecule has 3 nitrogen and oxygen atoms in total. The number of imide groups is 1. The first-order valence-electron chi connectivity index (χ1n) is 7.42. The molecule has 0 saturated carbocycles. The van der Waals surface area contributed by atoms with Crippen molar-refractivity contribution < 1.29 is 22.8 Å². The van der Waals surface area contributed by atoms with Crippen molar-refractivity contribution in [3.63, 3.8) is 0 Å². The summed E-state index contributed by atoms with van der Waals surface area (Å²) < 4.78 is 40.3. The van der Waals surface area contributed by atoms with Crippen molar-refractivity contribution in [3.05, 3.63) is 73.7 Å². The topological polar surface area (TPSA) is 37.4 Å². The van der Waals surface area contributed by atoms with Crippen LogP contribution in [0, 0.1) is 3.57 Å². The molecular formula is C18H11F3INO2S. The maximum Gasteiger partial charge on any atom is 0.416 e. The highest BCUT2D eigenvalue weighted by Gasteiger charge is 2.37. The number of rotatable bonds is 3. The average molecular weight is 489 g/mol. The van der Waals surface area contributed by atoms with E-state index in [1.54, 1.807) is 12.1 Å². The average Bonchev–Trinajstić information content (AvgIpc) is 2.84. The van der Waals surface area contributed by atoms with Crippen LogP contribution in [-0.4, -0.2) is 16.0 Å². The molecule has 0 aromatic heterocycles. The number of amides is 2. The van der Waals surface area contributed by atoms with Gasteiger partial charge in [-0.15, -0.1) is 0 Å². The second kappa shape index (κ2) is 7.43. The van der Waals surface area contributed by atoms with E-state index >= 15 is 0 Å². The fraction of sp³-hybridized carbons (Fsp3) is 0.111. The first kappa shape index (κ1) is 19.0. The summed E-state index contributed by atoms with van der Waals surface area (Å²) >= 11 is 2.79. The van der Waals surface area contributed by atoms with Crippen LogP contribution >= 0.6 is 34.4 Å². The Labute approximate surface area is 165 Å². The molecule has 0 atom stereocenters. The van der Waals surface area contributed by atoms with Crippen LogP contribution in [0.5, 0.6) is 0 Å². The molecule has 0 unspecified atom stereocenters. The van der Waals surface area contributed by atoms with Gasteiger partial charge < -0.3 is 0 Å². The maximum absolute atomic E-state index is 13.1. The van der Waals surface area contributed by atoms with Crippen LogP contribution < -0.4 is 0 Å². The number of thioether (sulfide) groups is 1. The second-order valence-electron chi connectivity index (χ2n) is 5.48. The molecule has 1 aliphatic heterocycles. The van der Waals surface area contributed by atoms with Gasteiger partial charge in [0.1, 0.15) is 0 Å². The van der Waals surface area contributed by atoms with Gasteiger partial charge in [-0.3, -0.25) is 14.5 Å². The third kappa shape index (κ3) is 4.12. The smallest absolute Gasteiger partial charge is 0.268 e. The van der Waals surface area contributed by atoms with Crippen LogP contribution in [-0.2, 0) is 17.5 Å². The van der Waals surface area contributed by atoms with Gasteiger partial charge in [0.15, 0.2) is 0 Å². The summed E-state index contributed by atoms with van der Waals surface area (Å²) in [6.45, 7) is 0.0832. The second-order valence-corrected chi connectivity index (χ2v) is 7.72. The molecule has 1 fully saturated rings. The van der Waals surface area contributed by atoms with Crippen molar-refractivity contribution in [2.24, 2.45) is 0 Å². The number of carbonyl (C=O) groups is 2. The quantitative estimate of drug-likeness (QED) is 0.420. The predicted octanol–water partition coefficient (Wildman–Crippen LogP) is 5.55. The molecule has 2 amide bonds. The Morgan fingerprint density at radius 2 is 1.69 bits per heavy atom. The summed E-state index contributed by atoms with van der Waals surface area (Å²) in [7, 11) is 0. The maximum atomic E-state index is 13.1. The summed E-state index contributed by atoms with van der Waals surface area (Å²) in [5.74, 6) is -0.587. The lowest BCUT2D eigenvalue weighted by atomic mass is 10.1. The van der Waals surface area contributed by atoms with Crippen LogP contribution in [0.4, 0.5) is 18.0 Å². The molecule has 26 heavy (non-hydrogen) atoms. The standard InChI is InChI=1S/C18H11F3INO2S/c19-18(20,21)14-4-2-1-3-12(14)9-15-16(24)23(17(25)26-15)10-11-5-7-13(22)8-6-11/h1-9H,10H2/b15-9-. The minimum Gasteiger partial charge on any atom is -0.268 e. The van der Waals surface area contributed by atoms with Gasteiger partial charge in [-0.25, -0.2) is 0 Å². The van der Waals surface area contributed by atoms with Gasteiger partial charge in [-0.2, -0.15) is 13.2 Å². The fourth-order valence-electron chi connectivity index (χ4n) is 2.43. The SMILES string of the molecule is O=C1S/C(=C\c2ccccc2C(F)(F)F)C(=O)N1Cc1ccc(I)cc1. The lowest BCUT2D eigenvalue weighted by Gasteiger charge is -2.12. The Morgan fingerprint density at radius 1 is 1.04 bits per heavy atom. The number of benzene rings is 2. The van der Waals surface area contributed by atoms with E-state index in [9.17, 15) is 22.8 Å². The first-order chi connectivity index (χ1) is 12.3. The van der Waals surface area contributed by atoms with Crippen molar-refractivity contribution in [1.29, 1.82) is 0 Å². The Kier molecular flexibility index (Phi) is 5.42. The molecule has 1 heterocycles. The molecule has 3 rings (SSSR count). The number of halogens is 4. The van der Waals surface area contributed by atoms with Gasteiger partial charge in [0.2, 0.25) is 0 Å². The molecule has 134 valence electrons. The molecule has 1 saturated heterocycles. The largest absolute Gasteiger partial charge is 0.416 e. The van der Waals surface area contributed by atoms with E-state index in [0.29, 0.717) is 11.8 Å². The zero-order chi connectivity index (χ0) is 18.9. The highest BCUT2D eigenvalue weighted by atomic mass is 127. The molecule has 8 heteroatoms. The van der Waals surface area contributed by atoms with Crippen LogP contribution in [0.1, 0.15) is 16.7 Å². The lowest BCUT2D eigenvalue weighted by Crippen LogP contribution is -2.27. The van der Waals surface area contributed by atoms with Crippen molar-refractivity contribution >= 4 is 51.6 Å². The first-order valence-corrected chi connectivity index (χ1v) is 9.31. The number of hydrogen-bond acceptors (Lipinski definition) is 3. The monoisotopic (exact) mass is 489 g/mol. The van der Waals surface area contributed by atoms with Gasteiger partial charge in [0, 0.05) is 3.57 Å². The summed E-state index contributed by atoms with van der Waals surface area (Å²) in [4.78, 5) is 25.6. The van der Waals surface area contributed by atoms with Crippen LogP contribution in [0.3, 0.4) is 0 Å². The fourth-order valence-corrected chi connectivity index (χ4v) is 3.62. The summed E-state index contributed by atoms with van der Waals surface area (Å²) in [5, 5.41) is -0.496. The molecule has 1 aliphatic rings. The number of hydrogen-bond donors (Lipinski definition) is 0. The van der Waals surface area contributed by atoms with Crippen molar-refractivity contribution in [3.8, 4) is 0 Å². The van der Waals surface area contributed by atoms with Crippen LogP contribution in [0.2, 0.25) is 0 Å². The molecule has 2 aromatic rings. The third-order valence-corrected chi connectivity index (χ3v) is 5.31. The highest BCUT2D eigenvalue weighted by molar-refractivity contribution is 14.1. The van der Waals surface area contributed by atoms with Crippen LogP contribution in [0.15, 0.2) is 53.4 Å². The van der Waals surface area contributed by atoms with Crippen LogP contribution in [0.25, 0.3) is 6.08 Å². The minimum absolute atomic E-state index is 0.0165. The number of alkyl halides is 3. The van der Waals surface area contributed by atoms with E-state index in [2.05, 4.69) is 22.6 Å². The Balaban J connectivity index is 1.87. The van der Waals surface area contributed by atoms with E-state index in [0.717, 1.165) is 26.2 Å². The van der Waals surface area contributed by atoms with E-state index < -0.39 is 22.9 Å².